The maximum Gasteiger partial charge on any atom is 0.410 e. The summed E-state index contributed by atoms with van der Waals surface area (Å²) < 4.78 is 5.34. The number of carbonyl (C=O) groups excluding carboxylic acids is 1. The van der Waals surface area contributed by atoms with Gasteiger partial charge in [-0.05, 0) is 33.6 Å². The van der Waals surface area contributed by atoms with E-state index in [1.54, 1.807) is 4.90 Å². The normalized spacial score (nSPS) is 18.9. The smallest absolute Gasteiger partial charge is 0.410 e. The second-order valence-corrected chi connectivity index (χ2v) is 5.75. The Balaban J connectivity index is 2.41. The number of nitrogens with one attached hydrogen (secondary N) is 1. The van der Waals surface area contributed by atoms with Crippen molar-refractivity contribution in [1.29, 1.82) is 0 Å². The summed E-state index contributed by atoms with van der Waals surface area (Å²) in [5.74, 6) is 3.43. The van der Waals surface area contributed by atoms with Crippen molar-refractivity contribution in [3.8, 4) is 11.8 Å². The first kappa shape index (κ1) is 16.3. The highest BCUT2D eigenvalue weighted by molar-refractivity contribution is 5.86. The van der Waals surface area contributed by atoms with Crippen LogP contribution in [0.25, 0.3) is 0 Å². The van der Waals surface area contributed by atoms with E-state index >= 15 is 0 Å². The van der Waals surface area contributed by atoms with Crippen LogP contribution in [-0.4, -0.2) is 53.3 Å². The molecule has 6 heteroatoms. The highest BCUT2D eigenvalue weighted by Gasteiger charge is 2.27. The average molecular weight is 282 g/mol. The van der Waals surface area contributed by atoms with Crippen LogP contribution in [0.1, 0.15) is 33.6 Å². The zero-order valence-corrected chi connectivity index (χ0v) is 12.2. The fourth-order valence-electron chi connectivity index (χ4n) is 1.95. The lowest BCUT2D eigenvalue weighted by Crippen LogP contribution is -2.49. The van der Waals surface area contributed by atoms with Gasteiger partial charge in [-0.15, -0.1) is 0 Å². The summed E-state index contributed by atoms with van der Waals surface area (Å²) in [5.41, 5.74) is -0.496. The number of likely N-dealkylation sites (tertiary alicyclic amines) is 1. The quantitative estimate of drug-likeness (QED) is 0.741. The molecule has 1 rings (SSSR count). The predicted octanol–water partition coefficient (Wildman–Crippen LogP) is 1.06. The number of hydrogen-bond acceptors (Lipinski definition) is 4. The topological polar surface area (TPSA) is 78.9 Å². The zero-order valence-electron chi connectivity index (χ0n) is 12.2. The van der Waals surface area contributed by atoms with Crippen LogP contribution in [0, 0.1) is 11.8 Å². The molecule has 6 nitrogen and oxygen atoms in total. The molecule has 112 valence electrons. The van der Waals surface area contributed by atoms with Crippen molar-refractivity contribution < 1.29 is 19.4 Å². The third kappa shape index (κ3) is 6.43. The summed E-state index contributed by atoms with van der Waals surface area (Å²) in [5, 5.41) is 11.5. The molecular formula is C14H22N2O4. The van der Waals surface area contributed by atoms with E-state index < -0.39 is 11.6 Å². The average Bonchev–Trinajstić information content (AvgIpc) is 2.33. The number of hydrogen-bond donors (Lipinski definition) is 2. The minimum atomic E-state index is -1.13. The molecule has 0 saturated carbocycles. The molecule has 0 aromatic heterocycles. The van der Waals surface area contributed by atoms with Gasteiger partial charge >= 0.3 is 12.1 Å². The lowest BCUT2D eigenvalue weighted by Gasteiger charge is -2.34. The van der Waals surface area contributed by atoms with E-state index in [1.807, 2.05) is 26.7 Å². The van der Waals surface area contributed by atoms with Crippen LogP contribution in [0.4, 0.5) is 4.79 Å². The molecule has 1 fully saturated rings. The first-order valence-corrected chi connectivity index (χ1v) is 6.71. The van der Waals surface area contributed by atoms with E-state index in [1.165, 1.54) is 0 Å². The Morgan fingerprint density at radius 1 is 1.45 bits per heavy atom. The van der Waals surface area contributed by atoms with Gasteiger partial charge in [-0.3, -0.25) is 0 Å². The number of carbonyl (C=O) groups is 2. The lowest BCUT2D eigenvalue weighted by molar-refractivity contribution is -0.130. The molecule has 1 saturated heterocycles. The van der Waals surface area contributed by atoms with Gasteiger partial charge in [-0.2, -0.15) is 0 Å². The molecule has 0 spiro atoms. The number of rotatable bonds is 2. The number of carboxylic acids is 1. The predicted molar refractivity (Wildman–Crippen MR) is 74.2 cm³/mol. The summed E-state index contributed by atoms with van der Waals surface area (Å²) >= 11 is 0. The van der Waals surface area contributed by atoms with Crippen LogP contribution >= 0.6 is 0 Å². The van der Waals surface area contributed by atoms with Crippen molar-refractivity contribution in [2.24, 2.45) is 0 Å². The number of carboxylic acid groups (broad SMARTS) is 1. The Bertz CT molecular complexity index is 417. The number of aliphatic carboxylic acids is 1. The lowest BCUT2D eigenvalue weighted by atomic mass is 10.1. The number of ether oxygens (including phenoxy) is 1. The van der Waals surface area contributed by atoms with Crippen LogP contribution in [0.3, 0.4) is 0 Å². The highest BCUT2D eigenvalue weighted by atomic mass is 16.6. The van der Waals surface area contributed by atoms with E-state index in [-0.39, 0.29) is 12.1 Å². The van der Waals surface area contributed by atoms with Crippen LogP contribution < -0.4 is 5.32 Å². The molecule has 2 N–H and O–H groups in total. The van der Waals surface area contributed by atoms with Gasteiger partial charge in [-0.1, -0.05) is 5.92 Å². The van der Waals surface area contributed by atoms with Gasteiger partial charge in [0, 0.05) is 25.1 Å². The molecule has 1 heterocycles. The van der Waals surface area contributed by atoms with Gasteiger partial charge in [0.2, 0.25) is 0 Å². The minimum absolute atomic E-state index is 0.124. The molecule has 0 bridgehead atoms. The second-order valence-electron chi connectivity index (χ2n) is 5.75. The van der Waals surface area contributed by atoms with Crippen molar-refractivity contribution in [1.82, 2.24) is 10.2 Å². The van der Waals surface area contributed by atoms with Gasteiger partial charge in [0.15, 0.2) is 0 Å². The zero-order chi connectivity index (χ0) is 15.2. The van der Waals surface area contributed by atoms with Gasteiger partial charge < -0.3 is 20.1 Å². The monoisotopic (exact) mass is 282 g/mol. The van der Waals surface area contributed by atoms with Crippen molar-refractivity contribution in [3.63, 3.8) is 0 Å². The maximum absolute atomic E-state index is 11.9. The van der Waals surface area contributed by atoms with Gasteiger partial charge in [0.1, 0.15) is 5.60 Å². The third-order valence-electron chi connectivity index (χ3n) is 2.75. The molecule has 1 unspecified atom stereocenters. The fraction of sp³-hybridized carbons (Fsp3) is 0.714. The van der Waals surface area contributed by atoms with Crippen LogP contribution in [0.5, 0.6) is 0 Å². The Morgan fingerprint density at radius 3 is 2.75 bits per heavy atom. The SMILES string of the molecule is CC(C)(C)OC(=O)N1CCCC(NCC#CC(=O)O)C1. The van der Waals surface area contributed by atoms with Crippen molar-refractivity contribution in [3.05, 3.63) is 0 Å². The first-order chi connectivity index (χ1) is 9.28. The molecule has 1 aliphatic heterocycles. The largest absolute Gasteiger partial charge is 0.472 e. The molecule has 20 heavy (non-hydrogen) atoms. The molecule has 1 aliphatic rings. The number of amides is 1. The molecule has 0 aliphatic carbocycles. The van der Waals surface area contributed by atoms with Crippen molar-refractivity contribution in [2.75, 3.05) is 19.6 Å². The Kier molecular flexibility index (Phi) is 5.83. The molecular weight excluding hydrogens is 260 g/mol. The van der Waals surface area contributed by atoms with Crippen LogP contribution in [0.2, 0.25) is 0 Å². The molecule has 1 amide bonds. The van der Waals surface area contributed by atoms with E-state index in [4.69, 9.17) is 9.84 Å². The van der Waals surface area contributed by atoms with Gasteiger partial charge in [-0.25, -0.2) is 9.59 Å². The van der Waals surface area contributed by atoms with Gasteiger partial charge in [0.25, 0.3) is 0 Å². The Morgan fingerprint density at radius 2 is 2.15 bits per heavy atom. The molecule has 0 radical (unpaired) electrons. The van der Waals surface area contributed by atoms with Crippen LogP contribution in [0.15, 0.2) is 0 Å². The summed E-state index contributed by atoms with van der Waals surface area (Å²) in [6.45, 7) is 7.07. The standard InChI is InChI=1S/C14H22N2O4/c1-14(2,3)20-13(19)16-9-5-6-11(10-16)15-8-4-7-12(17)18/h11,15H,5-6,8-10H2,1-3H3,(H,17,18). The van der Waals surface area contributed by atoms with E-state index in [0.29, 0.717) is 19.6 Å². The molecule has 0 aromatic carbocycles. The Labute approximate surface area is 119 Å². The maximum atomic E-state index is 11.9. The summed E-state index contributed by atoms with van der Waals surface area (Å²) in [6, 6.07) is 0.124. The van der Waals surface area contributed by atoms with Crippen molar-refractivity contribution >= 4 is 12.1 Å². The first-order valence-electron chi connectivity index (χ1n) is 6.71. The van der Waals surface area contributed by atoms with Gasteiger partial charge in [0.05, 0.1) is 6.54 Å². The summed E-state index contributed by atoms with van der Waals surface area (Å²) in [7, 11) is 0. The van der Waals surface area contributed by atoms with E-state index in [0.717, 1.165) is 12.8 Å². The van der Waals surface area contributed by atoms with E-state index in [9.17, 15) is 9.59 Å². The van der Waals surface area contributed by atoms with E-state index in [2.05, 4.69) is 11.2 Å². The molecule has 0 aromatic rings. The second kappa shape index (κ2) is 7.15. The summed E-state index contributed by atoms with van der Waals surface area (Å²) in [4.78, 5) is 23.9. The fourth-order valence-corrected chi connectivity index (χ4v) is 1.95. The highest BCUT2D eigenvalue weighted by Crippen LogP contribution is 2.15. The minimum Gasteiger partial charge on any atom is -0.472 e. The Hall–Kier alpha value is -1.74. The third-order valence-corrected chi connectivity index (χ3v) is 2.75. The molecule has 1 atom stereocenters. The van der Waals surface area contributed by atoms with Crippen LogP contribution in [-0.2, 0) is 9.53 Å². The number of piperidine rings is 1. The number of nitrogens with zero attached hydrogens (tertiary/aromatic N) is 1. The summed E-state index contributed by atoms with van der Waals surface area (Å²) in [6.07, 6.45) is 1.53. The van der Waals surface area contributed by atoms with Crippen molar-refractivity contribution in [2.45, 2.75) is 45.3 Å².